The van der Waals surface area contributed by atoms with Crippen LogP contribution >= 0.6 is 15.9 Å². The highest BCUT2D eigenvalue weighted by Gasteiger charge is 2.34. The zero-order chi connectivity index (χ0) is 11.2. The molecular formula is C9H6BrF3N2. The van der Waals surface area contributed by atoms with Gasteiger partial charge in [-0.05, 0) is 24.6 Å². The van der Waals surface area contributed by atoms with Gasteiger partial charge in [-0.25, -0.2) is 4.98 Å². The molecule has 0 saturated carbocycles. The van der Waals surface area contributed by atoms with E-state index in [4.69, 9.17) is 0 Å². The van der Waals surface area contributed by atoms with E-state index in [0.717, 1.165) is 10.0 Å². The Morgan fingerprint density at radius 2 is 2.00 bits per heavy atom. The van der Waals surface area contributed by atoms with Crippen LogP contribution in [-0.2, 0) is 6.18 Å². The lowest BCUT2D eigenvalue weighted by Crippen LogP contribution is -2.06. The molecule has 0 aliphatic rings. The SMILES string of the molecule is Cc1cc2[nH]c(C(F)(F)F)nc2cc1Br. The van der Waals surface area contributed by atoms with E-state index in [1.54, 1.807) is 19.1 Å². The van der Waals surface area contributed by atoms with Crippen LogP contribution < -0.4 is 0 Å². The van der Waals surface area contributed by atoms with Crippen molar-refractivity contribution in [3.8, 4) is 0 Å². The Hall–Kier alpha value is -1.04. The number of nitrogens with zero attached hydrogens (tertiary/aromatic N) is 1. The molecule has 1 N–H and O–H groups in total. The molecule has 0 radical (unpaired) electrons. The number of aryl methyl sites for hydroxylation is 1. The van der Waals surface area contributed by atoms with Crippen LogP contribution in [0.25, 0.3) is 11.0 Å². The Labute approximate surface area is 91.6 Å². The largest absolute Gasteiger partial charge is 0.449 e. The molecule has 0 amide bonds. The molecule has 0 fully saturated rings. The highest BCUT2D eigenvalue weighted by Crippen LogP contribution is 2.30. The third kappa shape index (κ3) is 1.86. The van der Waals surface area contributed by atoms with E-state index in [1.807, 2.05) is 0 Å². The molecular weight excluding hydrogens is 273 g/mol. The normalized spacial score (nSPS) is 12.3. The fraction of sp³-hybridized carbons (Fsp3) is 0.222. The van der Waals surface area contributed by atoms with Crippen molar-refractivity contribution in [2.45, 2.75) is 13.1 Å². The molecule has 0 saturated heterocycles. The predicted octanol–water partition coefficient (Wildman–Crippen LogP) is 3.65. The lowest BCUT2D eigenvalue weighted by Gasteiger charge is -1.98. The number of imidazole rings is 1. The van der Waals surface area contributed by atoms with E-state index in [0.29, 0.717) is 11.0 Å². The second-order valence-corrected chi connectivity index (χ2v) is 4.06. The summed E-state index contributed by atoms with van der Waals surface area (Å²) in [5.74, 6) is -0.963. The van der Waals surface area contributed by atoms with Crippen LogP contribution in [0.2, 0.25) is 0 Å². The number of aromatic amines is 1. The van der Waals surface area contributed by atoms with E-state index in [1.165, 1.54) is 0 Å². The summed E-state index contributed by atoms with van der Waals surface area (Å²) in [5, 5.41) is 0. The highest BCUT2D eigenvalue weighted by molar-refractivity contribution is 9.10. The van der Waals surface area contributed by atoms with Crippen LogP contribution in [0.3, 0.4) is 0 Å². The minimum Gasteiger partial charge on any atom is -0.334 e. The molecule has 0 aliphatic carbocycles. The lowest BCUT2D eigenvalue weighted by molar-refractivity contribution is -0.144. The van der Waals surface area contributed by atoms with Gasteiger partial charge in [0.25, 0.3) is 0 Å². The van der Waals surface area contributed by atoms with Crippen molar-refractivity contribution in [2.24, 2.45) is 0 Å². The Kier molecular flexibility index (Phi) is 2.26. The second kappa shape index (κ2) is 3.23. The number of hydrogen-bond donors (Lipinski definition) is 1. The van der Waals surface area contributed by atoms with Gasteiger partial charge in [-0.2, -0.15) is 13.2 Å². The van der Waals surface area contributed by atoms with Gasteiger partial charge in [0.2, 0.25) is 5.82 Å². The van der Waals surface area contributed by atoms with Gasteiger partial charge in [0.05, 0.1) is 11.0 Å². The van der Waals surface area contributed by atoms with Crippen molar-refractivity contribution in [1.29, 1.82) is 0 Å². The highest BCUT2D eigenvalue weighted by atomic mass is 79.9. The van der Waals surface area contributed by atoms with E-state index in [2.05, 4.69) is 25.9 Å². The summed E-state index contributed by atoms with van der Waals surface area (Å²) < 4.78 is 37.7. The number of benzene rings is 1. The summed E-state index contributed by atoms with van der Waals surface area (Å²) in [6.07, 6.45) is -4.43. The van der Waals surface area contributed by atoms with Crippen molar-refractivity contribution < 1.29 is 13.2 Å². The summed E-state index contributed by atoms with van der Waals surface area (Å²) in [7, 11) is 0. The summed E-state index contributed by atoms with van der Waals surface area (Å²) in [4.78, 5) is 5.72. The molecule has 1 aromatic carbocycles. The number of nitrogens with one attached hydrogen (secondary N) is 1. The summed E-state index contributed by atoms with van der Waals surface area (Å²) >= 11 is 3.24. The molecule has 1 heterocycles. The van der Waals surface area contributed by atoms with Gasteiger partial charge >= 0.3 is 6.18 Å². The minimum atomic E-state index is -4.43. The molecule has 1 aromatic heterocycles. The molecule has 2 aromatic rings. The first kappa shape index (κ1) is 10.5. The topological polar surface area (TPSA) is 28.7 Å². The third-order valence-electron chi connectivity index (χ3n) is 2.03. The molecule has 0 bridgehead atoms. The van der Waals surface area contributed by atoms with Crippen LogP contribution in [0.4, 0.5) is 13.2 Å². The minimum absolute atomic E-state index is 0.305. The molecule has 0 unspecified atom stereocenters. The van der Waals surface area contributed by atoms with Crippen LogP contribution in [-0.4, -0.2) is 9.97 Å². The van der Waals surface area contributed by atoms with E-state index in [9.17, 15) is 13.2 Å². The number of hydrogen-bond acceptors (Lipinski definition) is 1. The van der Waals surface area contributed by atoms with Gasteiger partial charge < -0.3 is 4.98 Å². The molecule has 0 aliphatic heterocycles. The standard InChI is InChI=1S/C9H6BrF3N2/c1-4-2-6-7(3-5(4)10)15-8(14-6)9(11,12)13/h2-3H,1H3,(H,14,15). The molecule has 0 atom stereocenters. The molecule has 2 rings (SSSR count). The van der Waals surface area contributed by atoms with Gasteiger partial charge in [-0.3, -0.25) is 0 Å². The van der Waals surface area contributed by atoms with Crippen LogP contribution in [0, 0.1) is 6.92 Å². The van der Waals surface area contributed by atoms with Gasteiger partial charge in [-0.1, -0.05) is 15.9 Å². The van der Waals surface area contributed by atoms with E-state index in [-0.39, 0.29) is 0 Å². The quantitative estimate of drug-likeness (QED) is 0.783. The number of rotatable bonds is 0. The van der Waals surface area contributed by atoms with Crippen LogP contribution in [0.5, 0.6) is 0 Å². The summed E-state index contributed by atoms with van der Waals surface area (Å²) in [5.41, 5.74) is 1.56. The summed E-state index contributed by atoms with van der Waals surface area (Å²) in [6.45, 7) is 1.80. The number of fused-ring (bicyclic) bond motifs is 1. The number of aromatic nitrogens is 2. The Bertz CT molecular complexity index is 477. The van der Waals surface area contributed by atoms with Crippen LogP contribution in [0.1, 0.15) is 11.4 Å². The van der Waals surface area contributed by atoms with Crippen molar-refractivity contribution in [1.82, 2.24) is 9.97 Å². The molecule has 80 valence electrons. The van der Waals surface area contributed by atoms with Crippen molar-refractivity contribution >= 4 is 27.0 Å². The number of alkyl halides is 3. The van der Waals surface area contributed by atoms with Crippen molar-refractivity contribution in [3.05, 3.63) is 28.0 Å². The lowest BCUT2D eigenvalue weighted by atomic mass is 10.2. The zero-order valence-electron chi connectivity index (χ0n) is 7.61. The average Bonchev–Trinajstić information content (AvgIpc) is 2.47. The first-order valence-corrected chi connectivity index (χ1v) is 4.90. The molecule has 2 nitrogen and oxygen atoms in total. The summed E-state index contributed by atoms with van der Waals surface area (Å²) in [6, 6.07) is 3.19. The monoisotopic (exact) mass is 278 g/mol. The Balaban J connectivity index is 2.66. The van der Waals surface area contributed by atoms with Gasteiger partial charge in [0.15, 0.2) is 0 Å². The van der Waals surface area contributed by atoms with Crippen molar-refractivity contribution in [3.63, 3.8) is 0 Å². The average molecular weight is 279 g/mol. The third-order valence-corrected chi connectivity index (χ3v) is 2.89. The first-order chi connectivity index (χ1) is 6.88. The molecule has 15 heavy (non-hydrogen) atoms. The second-order valence-electron chi connectivity index (χ2n) is 3.20. The zero-order valence-corrected chi connectivity index (χ0v) is 9.20. The maximum atomic E-state index is 12.3. The van der Waals surface area contributed by atoms with Gasteiger partial charge in [-0.15, -0.1) is 0 Å². The van der Waals surface area contributed by atoms with Gasteiger partial charge in [0, 0.05) is 4.47 Å². The first-order valence-electron chi connectivity index (χ1n) is 4.11. The van der Waals surface area contributed by atoms with Crippen LogP contribution in [0.15, 0.2) is 16.6 Å². The van der Waals surface area contributed by atoms with E-state index < -0.39 is 12.0 Å². The smallest absolute Gasteiger partial charge is 0.334 e. The fourth-order valence-electron chi connectivity index (χ4n) is 1.27. The van der Waals surface area contributed by atoms with Crippen molar-refractivity contribution in [2.75, 3.05) is 0 Å². The Morgan fingerprint density at radius 1 is 1.33 bits per heavy atom. The Morgan fingerprint density at radius 3 is 2.60 bits per heavy atom. The number of halogens is 4. The molecule has 0 spiro atoms. The fourth-order valence-corrected chi connectivity index (χ4v) is 1.61. The van der Waals surface area contributed by atoms with E-state index >= 15 is 0 Å². The molecule has 6 heteroatoms. The number of H-pyrrole nitrogens is 1. The maximum Gasteiger partial charge on any atom is 0.449 e. The van der Waals surface area contributed by atoms with Gasteiger partial charge in [0.1, 0.15) is 0 Å². The maximum absolute atomic E-state index is 12.3. The predicted molar refractivity (Wildman–Crippen MR) is 53.5 cm³/mol.